The summed E-state index contributed by atoms with van der Waals surface area (Å²) in [6, 6.07) is 3.44. The number of hydrogen-bond donors (Lipinski definition) is 1. The van der Waals surface area contributed by atoms with E-state index >= 15 is 0 Å². The smallest absolute Gasteiger partial charge is 0.161 e. The van der Waals surface area contributed by atoms with Gasteiger partial charge in [-0.2, -0.15) is 11.8 Å². The van der Waals surface area contributed by atoms with Gasteiger partial charge in [0.25, 0.3) is 0 Å². The van der Waals surface area contributed by atoms with Gasteiger partial charge in [0.05, 0.1) is 6.20 Å². The van der Waals surface area contributed by atoms with Crippen LogP contribution in [0.25, 0.3) is 5.65 Å². The van der Waals surface area contributed by atoms with E-state index in [0.717, 1.165) is 17.9 Å². The summed E-state index contributed by atoms with van der Waals surface area (Å²) in [5, 5.41) is 17.8. The molecule has 0 amide bonds. The lowest BCUT2D eigenvalue weighted by atomic mass is 9.98. The lowest BCUT2D eigenvalue weighted by molar-refractivity contribution is 0.464. The zero-order valence-corrected chi connectivity index (χ0v) is 10.4. The van der Waals surface area contributed by atoms with Crippen molar-refractivity contribution in [2.75, 3.05) is 11.5 Å². The Morgan fingerprint density at radius 1 is 1.29 bits per heavy atom. The molecule has 90 valence electrons. The van der Waals surface area contributed by atoms with Crippen LogP contribution in [-0.2, 0) is 6.42 Å². The highest BCUT2D eigenvalue weighted by Crippen LogP contribution is 2.25. The third-order valence-corrected chi connectivity index (χ3v) is 4.32. The van der Waals surface area contributed by atoms with E-state index in [1.807, 2.05) is 16.2 Å². The molecule has 3 rings (SSSR count). The standard InChI is InChI=1S/C12H15N3OS/c16-10-1-2-11-13-14-12(15(11)8-10)7-9-3-5-17-6-4-9/h1-2,8-9,16H,3-7H2. The van der Waals surface area contributed by atoms with Gasteiger partial charge in [0.1, 0.15) is 11.6 Å². The highest BCUT2D eigenvalue weighted by molar-refractivity contribution is 7.99. The molecule has 1 aliphatic rings. The molecule has 0 saturated carbocycles. The summed E-state index contributed by atoms with van der Waals surface area (Å²) in [7, 11) is 0. The van der Waals surface area contributed by atoms with Gasteiger partial charge in [-0.15, -0.1) is 10.2 Å². The molecule has 0 aromatic carbocycles. The molecule has 3 heterocycles. The van der Waals surface area contributed by atoms with E-state index in [4.69, 9.17) is 0 Å². The zero-order chi connectivity index (χ0) is 11.7. The molecule has 0 bridgehead atoms. The number of rotatable bonds is 2. The molecule has 2 aromatic rings. The minimum Gasteiger partial charge on any atom is -0.506 e. The molecule has 0 aliphatic carbocycles. The van der Waals surface area contributed by atoms with Crippen molar-refractivity contribution in [2.24, 2.45) is 5.92 Å². The molecule has 2 aromatic heterocycles. The minimum absolute atomic E-state index is 0.262. The van der Waals surface area contributed by atoms with Crippen molar-refractivity contribution in [3.63, 3.8) is 0 Å². The summed E-state index contributed by atoms with van der Waals surface area (Å²) in [4.78, 5) is 0. The Morgan fingerprint density at radius 2 is 2.12 bits per heavy atom. The van der Waals surface area contributed by atoms with Crippen molar-refractivity contribution < 1.29 is 5.11 Å². The fourth-order valence-electron chi connectivity index (χ4n) is 2.27. The van der Waals surface area contributed by atoms with Gasteiger partial charge in [-0.25, -0.2) is 0 Å². The maximum absolute atomic E-state index is 9.50. The average molecular weight is 249 g/mol. The normalized spacial score (nSPS) is 17.6. The van der Waals surface area contributed by atoms with Crippen LogP contribution in [0.1, 0.15) is 18.7 Å². The van der Waals surface area contributed by atoms with Gasteiger partial charge < -0.3 is 5.11 Å². The summed E-state index contributed by atoms with van der Waals surface area (Å²) in [5.74, 6) is 4.45. The Balaban J connectivity index is 1.86. The van der Waals surface area contributed by atoms with Crippen molar-refractivity contribution in [3.05, 3.63) is 24.2 Å². The van der Waals surface area contributed by atoms with E-state index in [-0.39, 0.29) is 5.75 Å². The molecule has 17 heavy (non-hydrogen) atoms. The number of fused-ring (bicyclic) bond motifs is 1. The lowest BCUT2D eigenvalue weighted by Crippen LogP contribution is -2.13. The third kappa shape index (κ3) is 2.24. The van der Waals surface area contributed by atoms with Crippen LogP contribution in [0.5, 0.6) is 5.75 Å². The van der Waals surface area contributed by atoms with E-state index < -0.39 is 0 Å². The summed E-state index contributed by atoms with van der Waals surface area (Å²) in [5.41, 5.74) is 0.808. The van der Waals surface area contributed by atoms with Crippen LogP contribution < -0.4 is 0 Å². The minimum atomic E-state index is 0.262. The van der Waals surface area contributed by atoms with Gasteiger partial charge >= 0.3 is 0 Å². The molecule has 1 aliphatic heterocycles. The zero-order valence-electron chi connectivity index (χ0n) is 9.54. The molecular formula is C12H15N3OS. The molecule has 0 radical (unpaired) electrons. The van der Waals surface area contributed by atoms with E-state index in [1.54, 1.807) is 18.3 Å². The van der Waals surface area contributed by atoms with Gasteiger partial charge in [0.2, 0.25) is 0 Å². The molecule has 0 unspecified atom stereocenters. The van der Waals surface area contributed by atoms with E-state index in [9.17, 15) is 5.11 Å². The predicted molar refractivity (Wildman–Crippen MR) is 68.4 cm³/mol. The molecule has 5 heteroatoms. The SMILES string of the molecule is Oc1ccc2nnc(CC3CCSCC3)n2c1. The van der Waals surface area contributed by atoms with Crippen molar-refractivity contribution in [3.8, 4) is 5.75 Å². The highest BCUT2D eigenvalue weighted by atomic mass is 32.2. The van der Waals surface area contributed by atoms with Crippen molar-refractivity contribution in [1.82, 2.24) is 14.6 Å². The number of aromatic nitrogens is 3. The van der Waals surface area contributed by atoms with Gasteiger partial charge in [0, 0.05) is 6.42 Å². The first-order chi connectivity index (χ1) is 8.33. The average Bonchev–Trinajstić information content (AvgIpc) is 2.73. The molecule has 1 N–H and O–H groups in total. The highest BCUT2D eigenvalue weighted by Gasteiger charge is 2.17. The van der Waals surface area contributed by atoms with Crippen LogP contribution in [0.2, 0.25) is 0 Å². The summed E-state index contributed by atoms with van der Waals surface area (Å²) in [6.45, 7) is 0. The van der Waals surface area contributed by atoms with Crippen molar-refractivity contribution >= 4 is 17.4 Å². The number of thioether (sulfide) groups is 1. The fraction of sp³-hybridized carbons (Fsp3) is 0.500. The van der Waals surface area contributed by atoms with Crippen molar-refractivity contribution in [1.29, 1.82) is 0 Å². The maximum atomic E-state index is 9.50. The van der Waals surface area contributed by atoms with Crippen LogP contribution in [0.15, 0.2) is 18.3 Å². The predicted octanol–water partition coefficient (Wildman–Crippen LogP) is 2.12. The first kappa shape index (κ1) is 10.9. The largest absolute Gasteiger partial charge is 0.506 e. The maximum Gasteiger partial charge on any atom is 0.161 e. The topological polar surface area (TPSA) is 50.4 Å². The summed E-state index contributed by atoms with van der Waals surface area (Å²) in [6.07, 6.45) is 5.18. The van der Waals surface area contributed by atoms with Crippen LogP contribution in [0.3, 0.4) is 0 Å². The first-order valence-electron chi connectivity index (χ1n) is 5.93. The van der Waals surface area contributed by atoms with Gasteiger partial charge in [-0.05, 0) is 42.4 Å². The molecule has 0 spiro atoms. The Bertz CT molecular complexity index is 519. The Hall–Kier alpha value is -1.23. The van der Waals surface area contributed by atoms with Gasteiger partial charge in [0.15, 0.2) is 5.65 Å². The Kier molecular flexibility index (Phi) is 2.93. The van der Waals surface area contributed by atoms with Crippen LogP contribution in [0.4, 0.5) is 0 Å². The Morgan fingerprint density at radius 3 is 2.94 bits per heavy atom. The second-order valence-electron chi connectivity index (χ2n) is 4.49. The van der Waals surface area contributed by atoms with Crippen LogP contribution in [-0.4, -0.2) is 31.2 Å². The van der Waals surface area contributed by atoms with Crippen LogP contribution in [0, 0.1) is 5.92 Å². The van der Waals surface area contributed by atoms with Crippen molar-refractivity contribution in [2.45, 2.75) is 19.3 Å². The van der Waals surface area contributed by atoms with E-state index in [2.05, 4.69) is 10.2 Å². The van der Waals surface area contributed by atoms with E-state index in [0.29, 0.717) is 5.92 Å². The monoisotopic (exact) mass is 249 g/mol. The first-order valence-corrected chi connectivity index (χ1v) is 7.09. The van der Waals surface area contributed by atoms with E-state index in [1.165, 1.54) is 24.3 Å². The third-order valence-electron chi connectivity index (χ3n) is 3.27. The molecule has 4 nitrogen and oxygen atoms in total. The fourth-order valence-corrected chi connectivity index (χ4v) is 3.48. The Labute approximate surface area is 104 Å². The summed E-state index contributed by atoms with van der Waals surface area (Å²) >= 11 is 2.03. The number of nitrogens with zero attached hydrogens (tertiary/aromatic N) is 3. The lowest BCUT2D eigenvalue weighted by Gasteiger charge is -2.20. The number of hydrogen-bond acceptors (Lipinski definition) is 4. The second kappa shape index (κ2) is 4.56. The summed E-state index contributed by atoms with van der Waals surface area (Å²) < 4.78 is 1.90. The number of aromatic hydroxyl groups is 1. The quantitative estimate of drug-likeness (QED) is 0.885. The van der Waals surface area contributed by atoms with Gasteiger partial charge in [-0.1, -0.05) is 0 Å². The molecule has 1 saturated heterocycles. The van der Waals surface area contributed by atoms with Gasteiger partial charge in [-0.3, -0.25) is 4.40 Å². The second-order valence-corrected chi connectivity index (χ2v) is 5.72. The molecular weight excluding hydrogens is 234 g/mol. The molecule has 0 atom stereocenters. The van der Waals surface area contributed by atoms with Crippen LogP contribution >= 0.6 is 11.8 Å². The number of pyridine rings is 1. The molecule has 1 fully saturated rings.